The highest BCUT2D eigenvalue weighted by molar-refractivity contribution is 5.74. The van der Waals surface area contributed by atoms with Crippen LogP contribution in [0.3, 0.4) is 0 Å². The number of rotatable bonds is 7. The minimum atomic E-state index is -0.882. The van der Waals surface area contributed by atoms with Crippen LogP contribution in [0, 0.1) is 17.5 Å². The molecule has 220 valence electrons. The molecule has 3 heterocycles. The molecule has 9 nitrogen and oxygen atoms in total. The molecule has 1 atom stereocenters. The monoisotopic (exact) mass is 563 g/mol. The lowest BCUT2D eigenvalue weighted by Gasteiger charge is -2.46. The van der Waals surface area contributed by atoms with Crippen molar-refractivity contribution in [3.63, 3.8) is 0 Å². The standard InChI is InChI=1S/C28H40F3N7O2/c1-6-32-26(39)38-10-7-8-19(9-11-38)40-23-20(29)12-17(13-21(23)30)35-25-33-16-22(31)24(36-25)34-18-14-27(2,3)37-28(4,5)15-18/h12-13,16,18-19,37H,6-11,14-15H2,1-5H3,(H,32,39)(H2,33,34,35,36). The molecular weight excluding hydrogens is 523 g/mol. The smallest absolute Gasteiger partial charge is 0.317 e. The van der Waals surface area contributed by atoms with E-state index >= 15 is 0 Å². The number of carbonyl (C=O) groups is 1. The van der Waals surface area contributed by atoms with Crippen LogP contribution < -0.4 is 26.0 Å². The van der Waals surface area contributed by atoms with Gasteiger partial charge < -0.3 is 30.9 Å². The first kappa shape index (κ1) is 29.7. The average molecular weight is 564 g/mol. The minimum Gasteiger partial charge on any atom is -0.484 e. The molecule has 0 spiro atoms. The molecule has 1 aromatic heterocycles. The summed E-state index contributed by atoms with van der Waals surface area (Å²) in [5.41, 5.74) is -0.238. The third-order valence-corrected chi connectivity index (χ3v) is 7.10. The second kappa shape index (κ2) is 12.1. The number of halogens is 3. The molecule has 0 saturated carbocycles. The van der Waals surface area contributed by atoms with E-state index in [0.717, 1.165) is 31.2 Å². The molecule has 1 unspecified atom stereocenters. The van der Waals surface area contributed by atoms with Gasteiger partial charge in [-0.15, -0.1) is 0 Å². The van der Waals surface area contributed by atoms with Crippen LogP contribution in [0.5, 0.6) is 5.75 Å². The van der Waals surface area contributed by atoms with Crippen molar-refractivity contribution in [2.45, 2.75) is 89.9 Å². The lowest BCUT2D eigenvalue weighted by molar-refractivity contribution is 0.165. The highest BCUT2D eigenvalue weighted by atomic mass is 19.1. The molecule has 4 rings (SSSR count). The predicted octanol–water partition coefficient (Wildman–Crippen LogP) is 5.32. The first-order chi connectivity index (χ1) is 18.8. The van der Waals surface area contributed by atoms with Crippen molar-refractivity contribution in [3.05, 3.63) is 35.8 Å². The Morgan fingerprint density at radius 2 is 1.75 bits per heavy atom. The Bertz CT molecular complexity index is 1170. The molecule has 0 bridgehead atoms. The van der Waals surface area contributed by atoms with E-state index in [1.807, 2.05) is 6.92 Å². The van der Waals surface area contributed by atoms with Crippen LogP contribution in [0.4, 0.5) is 35.4 Å². The Kier molecular flexibility index (Phi) is 8.96. The highest BCUT2D eigenvalue weighted by Crippen LogP contribution is 2.32. The van der Waals surface area contributed by atoms with Gasteiger partial charge in [0.05, 0.1) is 6.20 Å². The highest BCUT2D eigenvalue weighted by Gasteiger charge is 2.38. The van der Waals surface area contributed by atoms with Crippen molar-refractivity contribution in [1.82, 2.24) is 25.5 Å². The van der Waals surface area contributed by atoms with E-state index in [0.29, 0.717) is 38.9 Å². The number of amides is 2. The Balaban J connectivity index is 1.42. The number of piperidine rings is 1. The van der Waals surface area contributed by atoms with E-state index in [9.17, 15) is 18.0 Å². The zero-order valence-corrected chi connectivity index (χ0v) is 23.8. The third-order valence-electron chi connectivity index (χ3n) is 7.10. The van der Waals surface area contributed by atoms with Gasteiger partial charge in [-0.25, -0.2) is 22.9 Å². The van der Waals surface area contributed by atoms with Crippen molar-refractivity contribution in [3.8, 4) is 5.75 Å². The van der Waals surface area contributed by atoms with E-state index in [-0.39, 0.29) is 40.6 Å². The molecule has 1 aromatic carbocycles. The number of benzene rings is 1. The van der Waals surface area contributed by atoms with Gasteiger partial charge in [0, 0.05) is 61.0 Å². The van der Waals surface area contributed by atoms with Crippen molar-refractivity contribution >= 4 is 23.5 Å². The number of hydrogen-bond acceptors (Lipinski definition) is 7. The fourth-order valence-electron chi connectivity index (χ4n) is 5.84. The quantitative estimate of drug-likeness (QED) is 0.362. The predicted molar refractivity (Wildman–Crippen MR) is 148 cm³/mol. The summed E-state index contributed by atoms with van der Waals surface area (Å²) in [5.74, 6) is -2.83. The molecule has 4 N–H and O–H groups in total. The number of likely N-dealkylation sites (tertiary alicyclic amines) is 1. The largest absolute Gasteiger partial charge is 0.484 e. The number of nitrogens with one attached hydrogen (secondary N) is 4. The average Bonchev–Trinajstić information content (AvgIpc) is 3.07. The summed E-state index contributed by atoms with van der Waals surface area (Å²) in [4.78, 5) is 22.0. The third kappa shape index (κ3) is 7.67. The fourth-order valence-corrected chi connectivity index (χ4v) is 5.84. The number of hydrogen-bond donors (Lipinski definition) is 4. The molecule has 0 aliphatic carbocycles. The summed E-state index contributed by atoms with van der Waals surface area (Å²) in [7, 11) is 0. The van der Waals surface area contributed by atoms with E-state index in [4.69, 9.17) is 4.74 Å². The van der Waals surface area contributed by atoms with Crippen LogP contribution in [-0.2, 0) is 0 Å². The molecule has 2 aliphatic rings. The zero-order valence-electron chi connectivity index (χ0n) is 23.8. The summed E-state index contributed by atoms with van der Waals surface area (Å²) in [6, 6.07) is 1.99. The van der Waals surface area contributed by atoms with Crippen molar-refractivity contribution < 1.29 is 22.7 Å². The summed E-state index contributed by atoms with van der Waals surface area (Å²) in [5, 5.41) is 12.3. The van der Waals surface area contributed by atoms with Crippen molar-refractivity contribution in [2.24, 2.45) is 0 Å². The SMILES string of the molecule is CCNC(=O)N1CCCC(Oc2c(F)cc(Nc3ncc(F)c(NC4CC(C)(C)NC(C)(C)C4)n3)cc2F)CC1. The van der Waals surface area contributed by atoms with Gasteiger partial charge in [0.2, 0.25) is 5.95 Å². The maximum atomic E-state index is 15.0. The van der Waals surface area contributed by atoms with Gasteiger partial charge in [-0.1, -0.05) is 0 Å². The van der Waals surface area contributed by atoms with Gasteiger partial charge >= 0.3 is 6.03 Å². The number of nitrogens with zero attached hydrogens (tertiary/aromatic N) is 3. The molecule has 2 fully saturated rings. The van der Waals surface area contributed by atoms with E-state index in [2.05, 4.69) is 58.9 Å². The van der Waals surface area contributed by atoms with Crippen LogP contribution in [0.1, 0.15) is 66.7 Å². The van der Waals surface area contributed by atoms with Crippen molar-refractivity contribution in [1.29, 1.82) is 0 Å². The lowest BCUT2D eigenvalue weighted by Crippen LogP contribution is -2.60. The number of urea groups is 1. The van der Waals surface area contributed by atoms with E-state index in [1.54, 1.807) is 4.90 Å². The first-order valence-electron chi connectivity index (χ1n) is 13.9. The second-order valence-corrected chi connectivity index (χ2v) is 11.9. The van der Waals surface area contributed by atoms with Gasteiger partial charge in [-0.05, 0) is 60.3 Å². The van der Waals surface area contributed by atoms with E-state index < -0.39 is 29.3 Å². The fraction of sp³-hybridized carbons (Fsp3) is 0.607. The minimum absolute atomic E-state index is 0.00182. The number of anilines is 3. The molecule has 2 saturated heterocycles. The van der Waals surface area contributed by atoms with Gasteiger partial charge in [-0.3, -0.25) is 0 Å². The van der Waals surface area contributed by atoms with Crippen LogP contribution in [0.15, 0.2) is 18.3 Å². The molecular formula is C28H40F3N7O2. The van der Waals surface area contributed by atoms with Crippen molar-refractivity contribution in [2.75, 3.05) is 30.3 Å². The number of ether oxygens (including phenoxy) is 1. The Morgan fingerprint density at radius 3 is 2.40 bits per heavy atom. The molecule has 12 heteroatoms. The topological polar surface area (TPSA) is 103 Å². The number of aromatic nitrogens is 2. The molecule has 2 aliphatic heterocycles. The Hall–Kier alpha value is -3.28. The van der Waals surface area contributed by atoms with E-state index in [1.165, 1.54) is 0 Å². The lowest BCUT2D eigenvalue weighted by atomic mass is 9.79. The first-order valence-corrected chi connectivity index (χ1v) is 13.9. The number of carbonyl (C=O) groups excluding carboxylic acids is 1. The molecule has 2 aromatic rings. The van der Waals surface area contributed by atoms with Crippen LogP contribution in [0.25, 0.3) is 0 Å². The molecule has 2 amide bonds. The van der Waals surface area contributed by atoms with Gasteiger partial charge in [0.1, 0.15) is 6.10 Å². The van der Waals surface area contributed by atoms with Gasteiger partial charge in [-0.2, -0.15) is 4.98 Å². The maximum Gasteiger partial charge on any atom is 0.317 e. The zero-order chi connectivity index (χ0) is 29.1. The van der Waals surface area contributed by atoms with Crippen LogP contribution >= 0.6 is 0 Å². The normalized spacial score (nSPS) is 20.9. The summed E-state index contributed by atoms with van der Waals surface area (Å²) >= 11 is 0. The Labute approximate surface area is 233 Å². The van der Waals surface area contributed by atoms with Gasteiger partial charge in [0.15, 0.2) is 29.0 Å². The van der Waals surface area contributed by atoms with Gasteiger partial charge in [0.25, 0.3) is 0 Å². The van der Waals surface area contributed by atoms with Crippen LogP contribution in [-0.4, -0.2) is 63.8 Å². The summed E-state index contributed by atoms with van der Waals surface area (Å²) < 4.78 is 50.3. The second-order valence-electron chi connectivity index (χ2n) is 11.9. The Morgan fingerprint density at radius 1 is 1.07 bits per heavy atom. The van der Waals surface area contributed by atoms with Crippen LogP contribution in [0.2, 0.25) is 0 Å². The molecule has 0 radical (unpaired) electrons. The molecule has 40 heavy (non-hydrogen) atoms. The maximum absolute atomic E-state index is 15.0. The summed E-state index contributed by atoms with van der Waals surface area (Å²) in [6.07, 6.45) is 3.79. The summed E-state index contributed by atoms with van der Waals surface area (Å²) in [6.45, 7) is 11.8.